The van der Waals surface area contributed by atoms with E-state index < -0.39 is 6.09 Å². The summed E-state index contributed by atoms with van der Waals surface area (Å²) in [6.45, 7) is 0. The minimum Gasteiger partial charge on any atom is -0.464 e. The lowest BCUT2D eigenvalue weighted by Crippen LogP contribution is -2.40. The Labute approximate surface area is 80.5 Å². The lowest BCUT2D eigenvalue weighted by molar-refractivity contribution is 0.192. The molecule has 0 aromatic heterocycles. The van der Waals surface area contributed by atoms with Crippen LogP contribution in [0.5, 0.6) is 0 Å². The van der Waals surface area contributed by atoms with Gasteiger partial charge in [0.1, 0.15) is 4.99 Å². The van der Waals surface area contributed by atoms with Crippen LogP contribution in [0.2, 0.25) is 0 Å². The first-order valence-electron chi connectivity index (χ1n) is 3.54. The molecule has 0 unspecified atom stereocenters. The second-order valence-electron chi connectivity index (χ2n) is 2.25. The number of hydrogen-bond acceptors (Lipinski definition) is 2. The third-order valence-corrected chi connectivity index (χ3v) is 1.66. The summed E-state index contributed by atoms with van der Waals surface area (Å²) in [6.07, 6.45) is -1.17. The molecule has 1 rings (SSSR count). The predicted octanol–water partition coefficient (Wildman–Crippen LogP) is 1.13. The first-order valence-corrected chi connectivity index (χ1v) is 3.95. The molecule has 0 heterocycles. The fourth-order valence-electron chi connectivity index (χ4n) is 0.772. The molecule has 0 saturated heterocycles. The highest BCUT2D eigenvalue weighted by Crippen LogP contribution is 1.97. The Hall–Kier alpha value is -1.62. The van der Waals surface area contributed by atoms with Crippen LogP contribution in [-0.4, -0.2) is 16.2 Å². The summed E-state index contributed by atoms with van der Waals surface area (Å²) < 4.78 is 0. The number of amides is 1. The number of carbonyl (C=O) groups is 1. The molecule has 3 N–H and O–H groups in total. The number of nitrogens with one attached hydrogen (secondary N) is 2. The van der Waals surface area contributed by atoms with E-state index in [9.17, 15) is 4.79 Å². The van der Waals surface area contributed by atoms with E-state index in [1.165, 1.54) is 0 Å². The molecule has 0 bridgehead atoms. The first-order chi connectivity index (χ1) is 6.20. The normalized spacial score (nSPS) is 8.92. The molecule has 0 atom stereocenters. The summed E-state index contributed by atoms with van der Waals surface area (Å²) >= 11 is 4.90. The zero-order valence-corrected chi connectivity index (χ0v) is 7.47. The quantitative estimate of drug-likeness (QED) is 0.465. The third kappa shape index (κ3) is 3.08. The molecule has 0 spiro atoms. The second kappa shape index (κ2) is 4.42. The Morgan fingerprint density at radius 1 is 1.23 bits per heavy atom. The highest BCUT2D eigenvalue weighted by molar-refractivity contribution is 7.80. The van der Waals surface area contributed by atoms with Gasteiger partial charge in [0.05, 0.1) is 0 Å². The standard InChI is InChI=1S/C8H8N2O2S/c11-8(12)10-9-7(13)6-4-2-1-3-5-6/h1-5,10H,(H,9,13)(H,11,12). The van der Waals surface area contributed by atoms with Crippen molar-refractivity contribution in [2.45, 2.75) is 0 Å². The Morgan fingerprint density at radius 2 is 1.85 bits per heavy atom. The summed E-state index contributed by atoms with van der Waals surface area (Å²) in [5.41, 5.74) is 5.12. The van der Waals surface area contributed by atoms with Gasteiger partial charge in [0, 0.05) is 5.56 Å². The number of benzene rings is 1. The predicted molar refractivity (Wildman–Crippen MR) is 52.4 cm³/mol. The minimum atomic E-state index is -1.17. The number of carboxylic acid groups (broad SMARTS) is 1. The van der Waals surface area contributed by atoms with Gasteiger partial charge in [0.2, 0.25) is 0 Å². The molecule has 1 amide bonds. The van der Waals surface area contributed by atoms with Gasteiger partial charge in [-0.2, -0.15) is 0 Å². The van der Waals surface area contributed by atoms with Crippen molar-refractivity contribution in [1.29, 1.82) is 0 Å². The molecule has 0 aliphatic heterocycles. The SMILES string of the molecule is O=C(O)NNC(=S)c1ccccc1. The molecule has 1 aromatic rings. The summed E-state index contributed by atoms with van der Waals surface area (Å²) in [5.74, 6) is 0. The molecule has 1 aromatic carbocycles. The molecule has 0 saturated carbocycles. The van der Waals surface area contributed by atoms with Crippen molar-refractivity contribution in [3.63, 3.8) is 0 Å². The van der Waals surface area contributed by atoms with Crippen molar-refractivity contribution < 1.29 is 9.90 Å². The van der Waals surface area contributed by atoms with Gasteiger partial charge in [-0.3, -0.25) is 5.43 Å². The van der Waals surface area contributed by atoms with Crippen LogP contribution >= 0.6 is 12.2 Å². The average Bonchev–Trinajstić information content (AvgIpc) is 2.15. The smallest absolute Gasteiger partial charge is 0.423 e. The van der Waals surface area contributed by atoms with Crippen LogP contribution in [0.3, 0.4) is 0 Å². The van der Waals surface area contributed by atoms with Gasteiger partial charge in [-0.25, -0.2) is 10.2 Å². The van der Waals surface area contributed by atoms with Crippen molar-refractivity contribution in [2.24, 2.45) is 0 Å². The van der Waals surface area contributed by atoms with Gasteiger partial charge < -0.3 is 5.11 Å². The van der Waals surface area contributed by atoms with Gasteiger partial charge in [-0.1, -0.05) is 42.5 Å². The fourth-order valence-corrected chi connectivity index (χ4v) is 0.959. The molecular weight excluding hydrogens is 188 g/mol. The maximum Gasteiger partial charge on any atom is 0.423 e. The summed E-state index contributed by atoms with van der Waals surface area (Å²) in [5, 5.41) is 8.28. The largest absolute Gasteiger partial charge is 0.464 e. The van der Waals surface area contributed by atoms with Crippen molar-refractivity contribution in [1.82, 2.24) is 10.9 Å². The van der Waals surface area contributed by atoms with Crippen molar-refractivity contribution >= 4 is 23.3 Å². The van der Waals surface area contributed by atoms with Gasteiger partial charge >= 0.3 is 6.09 Å². The van der Waals surface area contributed by atoms with Crippen LogP contribution in [0.1, 0.15) is 5.56 Å². The van der Waals surface area contributed by atoms with Crippen LogP contribution in [0.15, 0.2) is 30.3 Å². The number of hydrazine groups is 1. The molecule has 0 aliphatic carbocycles. The van der Waals surface area contributed by atoms with Crippen LogP contribution in [0.4, 0.5) is 4.79 Å². The van der Waals surface area contributed by atoms with Gasteiger partial charge in [0.25, 0.3) is 0 Å². The Bertz CT molecular complexity index is 313. The van der Waals surface area contributed by atoms with E-state index in [2.05, 4.69) is 5.43 Å². The molecule has 0 fully saturated rings. The minimum absolute atomic E-state index is 0.350. The average molecular weight is 196 g/mol. The lowest BCUT2D eigenvalue weighted by atomic mass is 10.2. The maximum absolute atomic E-state index is 10.1. The van der Waals surface area contributed by atoms with E-state index >= 15 is 0 Å². The molecule has 0 radical (unpaired) electrons. The van der Waals surface area contributed by atoms with Crippen molar-refractivity contribution in [2.75, 3.05) is 0 Å². The number of hydrogen-bond donors (Lipinski definition) is 3. The zero-order valence-electron chi connectivity index (χ0n) is 6.65. The summed E-state index contributed by atoms with van der Waals surface area (Å²) in [7, 11) is 0. The third-order valence-electron chi connectivity index (χ3n) is 1.32. The molecule has 5 heteroatoms. The monoisotopic (exact) mass is 196 g/mol. The van der Waals surface area contributed by atoms with E-state index in [1.807, 2.05) is 23.6 Å². The Morgan fingerprint density at radius 3 is 2.38 bits per heavy atom. The first kappa shape index (κ1) is 9.47. The maximum atomic E-state index is 10.1. The van der Waals surface area contributed by atoms with Crippen LogP contribution < -0.4 is 10.9 Å². The highest BCUT2D eigenvalue weighted by atomic mass is 32.1. The van der Waals surface area contributed by atoms with E-state index in [1.54, 1.807) is 12.1 Å². The molecule has 13 heavy (non-hydrogen) atoms. The molecular formula is C8H8N2O2S. The highest BCUT2D eigenvalue weighted by Gasteiger charge is 1.99. The second-order valence-corrected chi connectivity index (χ2v) is 2.66. The van der Waals surface area contributed by atoms with Crippen LogP contribution in [-0.2, 0) is 0 Å². The zero-order chi connectivity index (χ0) is 9.68. The van der Waals surface area contributed by atoms with Crippen molar-refractivity contribution in [3.05, 3.63) is 35.9 Å². The van der Waals surface area contributed by atoms with Crippen molar-refractivity contribution in [3.8, 4) is 0 Å². The van der Waals surface area contributed by atoms with E-state index in [4.69, 9.17) is 17.3 Å². The van der Waals surface area contributed by atoms with Gasteiger partial charge in [-0.15, -0.1) is 0 Å². The molecule has 4 nitrogen and oxygen atoms in total. The lowest BCUT2D eigenvalue weighted by Gasteiger charge is -2.05. The van der Waals surface area contributed by atoms with E-state index in [0.29, 0.717) is 4.99 Å². The van der Waals surface area contributed by atoms with Crippen LogP contribution in [0, 0.1) is 0 Å². The van der Waals surface area contributed by atoms with E-state index in [0.717, 1.165) is 5.56 Å². The Balaban J connectivity index is 2.54. The van der Waals surface area contributed by atoms with Gasteiger partial charge in [-0.05, 0) is 0 Å². The Kier molecular flexibility index (Phi) is 3.22. The number of thiocarbonyl (C=S) groups is 1. The topological polar surface area (TPSA) is 61.4 Å². The number of rotatable bonds is 1. The molecule has 68 valence electrons. The van der Waals surface area contributed by atoms with Crippen LogP contribution in [0.25, 0.3) is 0 Å². The van der Waals surface area contributed by atoms with Gasteiger partial charge in [0.15, 0.2) is 0 Å². The summed E-state index contributed by atoms with van der Waals surface area (Å²) in [6, 6.07) is 9.09. The summed E-state index contributed by atoms with van der Waals surface area (Å²) in [4.78, 5) is 10.5. The molecule has 0 aliphatic rings. The fraction of sp³-hybridized carbons (Fsp3) is 0. The van der Waals surface area contributed by atoms with E-state index in [-0.39, 0.29) is 0 Å².